The maximum Gasteiger partial charge on any atom is 0.261 e. The van der Waals surface area contributed by atoms with Crippen molar-refractivity contribution in [1.82, 2.24) is 4.90 Å². The Kier molecular flexibility index (Phi) is 3.16. The highest BCUT2D eigenvalue weighted by molar-refractivity contribution is 6.21. The molecule has 116 valence electrons. The third-order valence-electron chi connectivity index (χ3n) is 4.53. The number of rotatable bonds is 2. The van der Waals surface area contributed by atoms with E-state index in [9.17, 15) is 14.7 Å². The van der Waals surface area contributed by atoms with Crippen LogP contribution < -0.4 is 0 Å². The molecule has 2 atom stereocenters. The van der Waals surface area contributed by atoms with Gasteiger partial charge in [-0.05, 0) is 29.8 Å². The van der Waals surface area contributed by atoms with Crippen LogP contribution in [0.25, 0.3) is 0 Å². The van der Waals surface area contributed by atoms with Crippen LogP contribution in [0.4, 0.5) is 0 Å². The van der Waals surface area contributed by atoms with E-state index in [-0.39, 0.29) is 29.5 Å². The number of benzene rings is 2. The second-order valence-corrected chi connectivity index (χ2v) is 5.83. The number of phenols is 1. The minimum atomic E-state index is -0.327. The molecule has 2 heterocycles. The summed E-state index contributed by atoms with van der Waals surface area (Å²) in [7, 11) is 0. The number of hydrogen-bond acceptors (Lipinski definition) is 4. The van der Waals surface area contributed by atoms with E-state index in [4.69, 9.17) is 4.74 Å². The van der Waals surface area contributed by atoms with Gasteiger partial charge in [0.05, 0.1) is 30.4 Å². The van der Waals surface area contributed by atoms with Crippen LogP contribution in [0.2, 0.25) is 0 Å². The van der Waals surface area contributed by atoms with Crippen LogP contribution in [-0.4, -0.2) is 41.1 Å². The number of amides is 2. The van der Waals surface area contributed by atoms with E-state index in [1.807, 2.05) is 0 Å². The summed E-state index contributed by atoms with van der Waals surface area (Å²) in [6.45, 7) is 0.778. The van der Waals surface area contributed by atoms with Gasteiger partial charge in [-0.25, -0.2) is 0 Å². The fraction of sp³-hybridized carbons (Fsp3) is 0.222. The zero-order chi connectivity index (χ0) is 16.0. The summed E-state index contributed by atoms with van der Waals surface area (Å²) in [5.74, 6) is -0.419. The minimum absolute atomic E-state index is 0.0854. The van der Waals surface area contributed by atoms with E-state index in [2.05, 4.69) is 0 Å². The van der Waals surface area contributed by atoms with Gasteiger partial charge in [0.1, 0.15) is 5.75 Å². The van der Waals surface area contributed by atoms with Crippen molar-refractivity contribution < 1.29 is 19.4 Å². The molecule has 2 aliphatic heterocycles. The van der Waals surface area contributed by atoms with Gasteiger partial charge in [-0.2, -0.15) is 0 Å². The van der Waals surface area contributed by atoms with Crippen molar-refractivity contribution in [2.75, 3.05) is 13.2 Å². The molecule has 2 aliphatic rings. The smallest absolute Gasteiger partial charge is 0.261 e. The summed E-state index contributed by atoms with van der Waals surface area (Å²) < 4.78 is 5.55. The normalized spacial score (nSPS) is 23.4. The maximum atomic E-state index is 12.6. The Hall–Kier alpha value is -2.66. The molecule has 2 amide bonds. The molecule has 1 fully saturated rings. The first kappa shape index (κ1) is 14.0. The zero-order valence-electron chi connectivity index (χ0n) is 12.3. The number of fused-ring (bicyclic) bond motifs is 1. The molecule has 0 spiro atoms. The molecule has 5 heteroatoms. The molecule has 4 rings (SSSR count). The van der Waals surface area contributed by atoms with Gasteiger partial charge in [0.2, 0.25) is 0 Å². The third kappa shape index (κ3) is 2.12. The Morgan fingerprint density at radius 2 is 1.52 bits per heavy atom. The van der Waals surface area contributed by atoms with Gasteiger partial charge in [-0.3, -0.25) is 14.5 Å². The highest BCUT2D eigenvalue weighted by Crippen LogP contribution is 2.35. The molecule has 0 radical (unpaired) electrons. The lowest BCUT2D eigenvalue weighted by atomic mass is 9.93. The Morgan fingerprint density at radius 3 is 2.13 bits per heavy atom. The van der Waals surface area contributed by atoms with Crippen LogP contribution in [0.1, 0.15) is 32.2 Å². The SMILES string of the molecule is O=C1c2ccccc2C(=O)N1[C@H]1COC[C@H]1c1ccc(O)cc1. The molecular weight excluding hydrogens is 294 g/mol. The molecular formula is C18H15NO4. The molecule has 0 aliphatic carbocycles. The van der Waals surface area contributed by atoms with E-state index < -0.39 is 0 Å². The lowest BCUT2D eigenvalue weighted by molar-refractivity contribution is 0.0558. The zero-order valence-corrected chi connectivity index (χ0v) is 12.3. The second kappa shape index (κ2) is 5.21. The first-order valence-electron chi connectivity index (χ1n) is 7.50. The van der Waals surface area contributed by atoms with Gasteiger partial charge in [0.25, 0.3) is 11.8 Å². The number of hydrogen-bond donors (Lipinski definition) is 1. The number of ether oxygens (including phenoxy) is 1. The van der Waals surface area contributed by atoms with Crippen molar-refractivity contribution in [2.45, 2.75) is 12.0 Å². The number of carbonyl (C=O) groups excluding carboxylic acids is 2. The first-order valence-corrected chi connectivity index (χ1v) is 7.50. The van der Waals surface area contributed by atoms with Gasteiger partial charge < -0.3 is 9.84 Å². The maximum absolute atomic E-state index is 12.6. The lowest BCUT2D eigenvalue weighted by Crippen LogP contribution is -2.43. The molecule has 1 saturated heterocycles. The van der Waals surface area contributed by atoms with Gasteiger partial charge in [-0.15, -0.1) is 0 Å². The second-order valence-electron chi connectivity index (χ2n) is 5.83. The van der Waals surface area contributed by atoms with Crippen molar-refractivity contribution in [1.29, 1.82) is 0 Å². The number of imide groups is 1. The summed E-state index contributed by atoms with van der Waals surface area (Å²) in [6, 6.07) is 13.4. The molecule has 1 N–H and O–H groups in total. The lowest BCUT2D eigenvalue weighted by Gasteiger charge is -2.26. The van der Waals surface area contributed by atoms with E-state index in [0.29, 0.717) is 24.3 Å². The Morgan fingerprint density at radius 1 is 0.913 bits per heavy atom. The van der Waals surface area contributed by atoms with E-state index in [0.717, 1.165) is 5.56 Å². The first-order chi connectivity index (χ1) is 11.2. The highest BCUT2D eigenvalue weighted by atomic mass is 16.5. The fourth-order valence-electron chi connectivity index (χ4n) is 3.35. The highest BCUT2D eigenvalue weighted by Gasteiger charge is 2.45. The molecule has 0 aromatic heterocycles. The molecule has 2 aromatic carbocycles. The number of carbonyl (C=O) groups is 2. The van der Waals surface area contributed by atoms with E-state index in [1.54, 1.807) is 48.5 Å². The predicted octanol–water partition coefficient (Wildman–Crippen LogP) is 2.17. The standard InChI is InChI=1S/C18H15NO4/c20-12-7-5-11(6-8-12)15-9-23-10-16(15)19-17(21)13-3-1-2-4-14(13)18(19)22/h1-8,15-16,20H,9-10H2/t15-,16-/m0/s1. The minimum Gasteiger partial charge on any atom is -0.508 e. The van der Waals surface area contributed by atoms with E-state index in [1.165, 1.54) is 4.90 Å². The molecule has 0 saturated carbocycles. The topological polar surface area (TPSA) is 66.8 Å². The van der Waals surface area contributed by atoms with Crippen LogP contribution in [0, 0.1) is 0 Å². The summed E-state index contributed by atoms with van der Waals surface area (Å²) >= 11 is 0. The summed E-state index contributed by atoms with van der Waals surface area (Å²) in [5, 5.41) is 9.43. The average molecular weight is 309 g/mol. The average Bonchev–Trinajstić information content (AvgIpc) is 3.13. The van der Waals surface area contributed by atoms with Crippen LogP contribution in [0.3, 0.4) is 0 Å². The van der Waals surface area contributed by atoms with Gasteiger partial charge >= 0.3 is 0 Å². The number of phenolic OH excluding ortho intramolecular Hbond substituents is 1. The third-order valence-corrected chi connectivity index (χ3v) is 4.53. The summed E-state index contributed by atoms with van der Waals surface area (Å²) in [5.41, 5.74) is 1.85. The quantitative estimate of drug-likeness (QED) is 0.863. The van der Waals surface area contributed by atoms with Gasteiger partial charge in [-0.1, -0.05) is 24.3 Å². The van der Waals surface area contributed by atoms with Crippen molar-refractivity contribution in [2.24, 2.45) is 0 Å². The monoisotopic (exact) mass is 309 g/mol. The van der Waals surface area contributed by atoms with Crippen LogP contribution in [-0.2, 0) is 4.74 Å². The van der Waals surface area contributed by atoms with Gasteiger partial charge in [0, 0.05) is 5.92 Å². The number of nitrogens with zero attached hydrogens (tertiary/aromatic N) is 1. The summed E-state index contributed by atoms with van der Waals surface area (Å²) in [6.07, 6.45) is 0. The molecule has 23 heavy (non-hydrogen) atoms. The van der Waals surface area contributed by atoms with Crippen LogP contribution >= 0.6 is 0 Å². The predicted molar refractivity (Wildman–Crippen MR) is 82.4 cm³/mol. The molecule has 0 unspecified atom stereocenters. The Bertz CT molecular complexity index is 749. The summed E-state index contributed by atoms with van der Waals surface area (Å²) in [4.78, 5) is 26.6. The van der Waals surface area contributed by atoms with Crippen molar-refractivity contribution in [3.05, 3.63) is 65.2 Å². The van der Waals surface area contributed by atoms with Gasteiger partial charge in [0.15, 0.2) is 0 Å². The van der Waals surface area contributed by atoms with Crippen molar-refractivity contribution >= 4 is 11.8 Å². The fourth-order valence-corrected chi connectivity index (χ4v) is 3.35. The molecule has 0 bridgehead atoms. The van der Waals surface area contributed by atoms with Crippen LogP contribution in [0.15, 0.2) is 48.5 Å². The largest absolute Gasteiger partial charge is 0.508 e. The van der Waals surface area contributed by atoms with Crippen molar-refractivity contribution in [3.8, 4) is 5.75 Å². The Labute approximate surface area is 133 Å². The van der Waals surface area contributed by atoms with E-state index >= 15 is 0 Å². The number of aromatic hydroxyl groups is 1. The van der Waals surface area contributed by atoms with Crippen LogP contribution in [0.5, 0.6) is 5.75 Å². The van der Waals surface area contributed by atoms with Crippen molar-refractivity contribution in [3.63, 3.8) is 0 Å². The molecule has 2 aromatic rings. The molecule has 5 nitrogen and oxygen atoms in total. The Balaban J connectivity index is 1.69.